The SMILES string of the molecule is Cc1ccc(C(=O)[C@]2(O)C(=O)OC(=O)[C@@]2(O)C(=O)c2ccc(C)cc2)cc1. The number of Topliss-reactive ketones (excluding diaryl/α,β-unsaturated/α-hetero) is 2. The monoisotopic (exact) mass is 368 g/mol. The topological polar surface area (TPSA) is 118 Å². The number of esters is 2. The Hall–Kier alpha value is -3.16. The number of ether oxygens (including phenoxy) is 1. The van der Waals surface area contributed by atoms with Gasteiger partial charge in [-0.3, -0.25) is 9.59 Å². The van der Waals surface area contributed by atoms with Gasteiger partial charge >= 0.3 is 11.9 Å². The maximum atomic E-state index is 12.8. The molecule has 1 heterocycles. The van der Waals surface area contributed by atoms with E-state index >= 15 is 0 Å². The summed E-state index contributed by atoms with van der Waals surface area (Å²) in [4.78, 5) is 50.0. The summed E-state index contributed by atoms with van der Waals surface area (Å²) < 4.78 is 4.31. The zero-order valence-corrected chi connectivity index (χ0v) is 14.6. The van der Waals surface area contributed by atoms with Crippen molar-refractivity contribution >= 4 is 23.5 Å². The largest absolute Gasteiger partial charge is 0.388 e. The number of aryl methyl sites for hydroxylation is 2. The van der Waals surface area contributed by atoms with Gasteiger partial charge in [0.05, 0.1) is 0 Å². The van der Waals surface area contributed by atoms with Crippen molar-refractivity contribution in [3.63, 3.8) is 0 Å². The smallest absolute Gasteiger partial charge is 0.358 e. The summed E-state index contributed by atoms with van der Waals surface area (Å²) in [6.07, 6.45) is 0. The van der Waals surface area contributed by atoms with Crippen molar-refractivity contribution in [1.82, 2.24) is 0 Å². The minimum absolute atomic E-state index is 0.162. The molecule has 27 heavy (non-hydrogen) atoms. The first-order valence-corrected chi connectivity index (χ1v) is 8.06. The second kappa shape index (κ2) is 6.22. The van der Waals surface area contributed by atoms with Crippen LogP contribution in [0.25, 0.3) is 0 Å². The van der Waals surface area contributed by atoms with E-state index in [4.69, 9.17) is 0 Å². The van der Waals surface area contributed by atoms with E-state index in [0.717, 1.165) is 11.1 Å². The first-order valence-electron chi connectivity index (χ1n) is 8.06. The van der Waals surface area contributed by atoms with Gasteiger partial charge in [0.25, 0.3) is 11.2 Å². The summed E-state index contributed by atoms with van der Waals surface area (Å²) >= 11 is 0. The summed E-state index contributed by atoms with van der Waals surface area (Å²) in [5, 5.41) is 21.6. The lowest BCUT2D eigenvalue weighted by atomic mass is 9.75. The number of hydrogen-bond acceptors (Lipinski definition) is 7. The van der Waals surface area contributed by atoms with Gasteiger partial charge in [-0.1, -0.05) is 59.7 Å². The molecule has 0 bridgehead atoms. The molecule has 2 N–H and O–H groups in total. The molecule has 0 amide bonds. The number of cyclic esters (lactones) is 2. The molecule has 0 radical (unpaired) electrons. The third kappa shape index (κ3) is 2.59. The predicted molar refractivity (Wildman–Crippen MR) is 92.0 cm³/mol. The highest BCUT2D eigenvalue weighted by Gasteiger charge is 2.76. The molecule has 1 aliphatic heterocycles. The molecule has 138 valence electrons. The summed E-state index contributed by atoms with van der Waals surface area (Å²) in [5.74, 6) is -6.00. The fraction of sp³-hybridized carbons (Fsp3) is 0.200. The highest BCUT2D eigenvalue weighted by molar-refractivity contribution is 6.33. The summed E-state index contributed by atoms with van der Waals surface area (Å²) in [5.41, 5.74) is -5.50. The van der Waals surface area contributed by atoms with Crippen molar-refractivity contribution in [2.24, 2.45) is 0 Å². The van der Waals surface area contributed by atoms with Crippen LogP contribution in [0.1, 0.15) is 31.8 Å². The predicted octanol–water partition coefficient (Wildman–Crippen LogP) is 0.915. The van der Waals surface area contributed by atoms with E-state index in [1.54, 1.807) is 38.1 Å². The van der Waals surface area contributed by atoms with Crippen LogP contribution in [-0.4, -0.2) is 44.9 Å². The molecule has 1 fully saturated rings. The van der Waals surface area contributed by atoms with Crippen LogP contribution in [0.5, 0.6) is 0 Å². The van der Waals surface area contributed by atoms with Gasteiger partial charge in [0.15, 0.2) is 0 Å². The number of ketones is 2. The molecule has 0 aliphatic carbocycles. The third-order valence-electron chi connectivity index (χ3n) is 4.58. The van der Waals surface area contributed by atoms with E-state index in [0.29, 0.717) is 0 Å². The lowest BCUT2D eigenvalue weighted by Crippen LogP contribution is -2.65. The molecule has 1 saturated heterocycles. The molecule has 1 aliphatic rings. The van der Waals surface area contributed by atoms with E-state index in [9.17, 15) is 29.4 Å². The van der Waals surface area contributed by atoms with Gasteiger partial charge in [0, 0.05) is 11.1 Å². The van der Waals surface area contributed by atoms with Crippen molar-refractivity contribution < 1.29 is 34.1 Å². The Morgan fingerprint density at radius 1 is 0.704 bits per heavy atom. The van der Waals surface area contributed by atoms with Gasteiger partial charge < -0.3 is 14.9 Å². The van der Waals surface area contributed by atoms with Crippen molar-refractivity contribution in [1.29, 1.82) is 0 Å². The Morgan fingerprint density at radius 2 is 1.00 bits per heavy atom. The van der Waals surface area contributed by atoms with Crippen LogP contribution in [0.15, 0.2) is 48.5 Å². The van der Waals surface area contributed by atoms with Crippen molar-refractivity contribution in [3.8, 4) is 0 Å². The Bertz CT molecular complexity index is 879. The Balaban J connectivity index is 2.13. The number of benzene rings is 2. The quantitative estimate of drug-likeness (QED) is 0.468. The van der Waals surface area contributed by atoms with Crippen molar-refractivity contribution in [3.05, 3.63) is 70.8 Å². The highest BCUT2D eigenvalue weighted by Crippen LogP contribution is 2.38. The second-order valence-corrected chi connectivity index (χ2v) is 6.49. The Morgan fingerprint density at radius 3 is 1.30 bits per heavy atom. The Labute approximate surface area is 154 Å². The average molecular weight is 368 g/mol. The minimum Gasteiger partial charge on any atom is -0.388 e. The zero-order chi connectivity index (χ0) is 20.0. The number of hydrogen-bond donors (Lipinski definition) is 2. The van der Waals surface area contributed by atoms with Crippen LogP contribution in [0.3, 0.4) is 0 Å². The molecule has 0 saturated carbocycles. The third-order valence-corrected chi connectivity index (χ3v) is 4.58. The van der Waals surface area contributed by atoms with E-state index in [1.807, 2.05) is 0 Å². The number of carbonyl (C=O) groups is 4. The first kappa shape index (κ1) is 18.6. The Kier molecular flexibility index (Phi) is 4.29. The van der Waals surface area contributed by atoms with E-state index < -0.39 is 34.7 Å². The normalized spacial score (nSPS) is 24.6. The summed E-state index contributed by atoms with van der Waals surface area (Å²) in [7, 11) is 0. The van der Waals surface area contributed by atoms with E-state index in [-0.39, 0.29) is 11.1 Å². The molecule has 0 spiro atoms. The molecule has 2 aromatic rings. The molecule has 0 aromatic heterocycles. The molecular formula is C20H16O7. The molecule has 7 nitrogen and oxygen atoms in total. The number of aliphatic hydroxyl groups is 2. The standard InChI is InChI=1S/C20H16O7/c1-11-3-7-13(8-4-11)15(21)19(25)17(23)27-18(24)20(19,26)16(22)14-9-5-12(2)6-10-14/h3-10,25-26H,1-2H3/t19-,20-/m0/s1. The first-order chi connectivity index (χ1) is 12.6. The molecule has 2 aromatic carbocycles. The van der Waals surface area contributed by atoms with Gasteiger partial charge in [-0.2, -0.15) is 0 Å². The van der Waals surface area contributed by atoms with Crippen LogP contribution in [0.2, 0.25) is 0 Å². The minimum atomic E-state index is -3.39. The molecule has 2 atom stereocenters. The zero-order valence-electron chi connectivity index (χ0n) is 14.6. The fourth-order valence-electron chi connectivity index (χ4n) is 2.87. The van der Waals surface area contributed by atoms with Crippen LogP contribution in [-0.2, 0) is 14.3 Å². The molecule has 3 rings (SSSR count). The van der Waals surface area contributed by atoms with Crippen molar-refractivity contribution in [2.75, 3.05) is 0 Å². The van der Waals surface area contributed by atoms with Gasteiger partial charge in [0.2, 0.25) is 11.6 Å². The molecular weight excluding hydrogens is 352 g/mol. The van der Waals surface area contributed by atoms with Crippen LogP contribution in [0, 0.1) is 13.8 Å². The number of carbonyl (C=O) groups excluding carboxylic acids is 4. The highest BCUT2D eigenvalue weighted by atomic mass is 16.6. The number of rotatable bonds is 4. The van der Waals surface area contributed by atoms with E-state index in [1.165, 1.54) is 24.3 Å². The lowest BCUT2D eigenvalue weighted by Gasteiger charge is -2.29. The summed E-state index contributed by atoms with van der Waals surface area (Å²) in [6.45, 7) is 3.52. The van der Waals surface area contributed by atoms with Crippen LogP contribution < -0.4 is 0 Å². The maximum Gasteiger partial charge on any atom is 0.358 e. The van der Waals surface area contributed by atoms with Gasteiger partial charge in [0.1, 0.15) is 0 Å². The maximum absolute atomic E-state index is 12.8. The van der Waals surface area contributed by atoms with Crippen LogP contribution in [0.4, 0.5) is 0 Å². The van der Waals surface area contributed by atoms with E-state index in [2.05, 4.69) is 4.74 Å². The van der Waals surface area contributed by atoms with Gasteiger partial charge in [-0.05, 0) is 13.8 Å². The van der Waals surface area contributed by atoms with Gasteiger partial charge in [-0.25, -0.2) is 9.59 Å². The van der Waals surface area contributed by atoms with Crippen LogP contribution >= 0.6 is 0 Å². The molecule has 7 heteroatoms. The second-order valence-electron chi connectivity index (χ2n) is 6.49. The summed E-state index contributed by atoms with van der Waals surface area (Å²) in [6, 6.07) is 11.4. The lowest BCUT2D eigenvalue weighted by molar-refractivity contribution is -0.157. The average Bonchev–Trinajstić information content (AvgIpc) is 2.83. The van der Waals surface area contributed by atoms with Gasteiger partial charge in [-0.15, -0.1) is 0 Å². The molecule has 0 unspecified atom stereocenters. The fourth-order valence-corrected chi connectivity index (χ4v) is 2.87. The van der Waals surface area contributed by atoms with Crippen molar-refractivity contribution in [2.45, 2.75) is 25.0 Å².